The van der Waals surface area contributed by atoms with Crippen LogP contribution in [0.25, 0.3) is 0 Å². The first kappa shape index (κ1) is 30.6. The summed E-state index contributed by atoms with van der Waals surface area (Å²) >= 11 is 3.26. The van der Waals surface area contributed by atoms with Gasteiger partial charge in [-0.25, -0.2) is 12.8 Å². The summed E-state index contributed by atoms with van der Waals surface area (Å²) in [5, 5.41) is 12.3. The van der Waals surface area contributed by atoms with Crippen LogP contribution in [0.2, 0.25) is 0 Å². The molecule has 206 valence electrons. The lowest BCUT2D eigenvalue weighted by molar-refractivity contribution is -0.141. The van der Waals surface area contributed by atoms with Crippen molar-refractivity contribution in [2.75, 3.05) is 19.8 Å². The number of likely N-dealkylation sites (tertiary alicyclic amines) is 1. The fourth-order valence-electron chi connectivity index (χ4n) is 4.01. The second-order valence-corrected chi connectivity index (χ2v) is 11.8. The Kier molecular flexibility index (Phi) is 11.4. The van der Waals surface area contributed by atoms with Crippen molar-refractivity contribution < 1.29 is 27.2 Å². The van der Waals surface area contributed by atoms with Crippen LogP contribution in [-0.4, -0.2) is 74.8 Å². The summed E-state index contributed by atoms with van der Waals surface area (Å²) in [7, 11) is -4.02. The van der Waals surface area contributed by atoms with Gasteiger partial charge in [0.05, 0.1) is 10.9 Å². The highest BCUT2D eigenvalue weighted by Gasteiger charge is 2.40. The molecule has 1 fully saturated rings. The van der Waals surface area contributed by atoms with E-state index in [0.29, 0.717) is 23.7 Å². The topological polar surface area (TPSA) is 175 Å². The fraction of sp³-hybridized carbons (Fsp3) is 0.565. The maximum Gasteiger partial charge on any atom is 0.243 e. The minimum atomic E-state index is -4.02. The molecule has 0 spiro atoms. The Morgan fingerprint density at radius 3 is 2.46 bits per heavy atom. The second-order valence-electron chi connectivity index (χ2n) is 9.13. The van der Waals surface area contributed by atoms with Gasteiger partial charge in [0.15, 0.2) is 11.7 Å². The number of hydrogen-bond acceptors (Lipinski definition) is 6. The molecule has 2 unspecified atom stereocenters. The molecule has 1 aliphatic rings. The van der Waals surface area contributed by atoms with Gasteiger partial charge in [0, 0.05) is 17.6 Å². The number of nitrogens with zero attached hydrogens (tertiary/aromatic N) is 1. The summed E-state index contributed by atoms with van der Waals surface area (Å²) in [6.45, 7) is 2.64. The molecular formula is C23H34BrFN6O5S. The van der Waals surface area contributed by atoms with Crippen molar-refractivity contribution in [2.24, 2.45) is 11.7 Å². The molecule has 3 atom stereocenters. The van der Waals surface area contributed by atoms with Crippen LogP contribution >= 0.6 is 15.9 Å². The van der Waals surface area contributed by atoms with Crippen LogP contribution in [0.3, 0.4) is 0 Å². The van der Waals surface area contributed by atoms with E-state index >= 15 is 0 Å². The highest BCUT2D eigenvalue weighted by Crippen LogP contribution is 2.22. The lowest BCUT2D eigenvalue weighted by Gasteiger charge is -2.31. The van der Waals surface area contributed by atoms with Gasteiger partial charge < -0.3 is 21.3 Å². The first-order chi connectivity index (χ1) is 17.4. The monoisotopic (exact) mass is 604 g/mol. The van der Waals surface area contributed by atoms with E-state index in [1.807, 2.05) is 0 Å². The van der Waals surface area contributed by atoms with E-state index in [4.69, 9.17) is 11.1 Å². The van der Waals surface area contributed by atoms with Gasteiger partial charge in [0.1, 0.15) is 18.8 Å². The largest absolute Gasteiger partial charge is 0.370 e. The number of carbonyl (C=O) groups is 3. The molecule has 11 nitrogen and oxygen atoms in total. The predicted octanol–water partition coefficient (Wildman–Crippen LogP) is 1.03. The summed E-state index contributed by atoms with van der Waals surface area (Å²) in [6.07, 6.45) is 1.30. The van der Waals surface area contributed by atoms with Crippen LogP contribution in [0, 0.1) is 11.3 Å². The molecule has 37 heavy (non-hydrogen) atoms. The molecule has 0 aromatic heterocycles. The number of hydrogen-bond donors (Lipinski definition) is 5. The maximum atomic E-state index is 13.5. The number of nitrogens with one attached hydrogen (secondary N) is 4. The molecule has 1 heterocycles. The van der Waals surface area contributed by atoms with Crippen molar-refractivity contribution in [1.29, 1.82) is 5.41 Å². The predicted molar refractivity (Wildman–Crippen MR) is 140 cm³/mol. The number of nitrogens with two attached hydrogens (primary N) is 1. The zero-order valence-corrected chi connectivity index (χ0v) is 23.2. The highest BCUT2D eigenvalue weighted by atomic mass is 79.9. The van der Waals surface area contributed by atoms with Gasteiger partial charge in [0.2, 0.25) is 21.8 Å². The van der Waals surface area contributed by atoms with E-state index in [0.717, 1.165) is 0 Å². The number of ketones is 1. The van der Waals surface area contributed by atoms with Crippen molar-refractivity contribution in [2.45, 2.75) is 62.6 Å². The van der Waals surface area contributed by atoms with Crippen LogP contribution in [0.15, 0.2) is 33.6 Å². The summed E-state index contributed by atoms with van der Waals surface area (Å²) in [5.74, 6) is -2.61. The zero-order chi connectivity index (χ0) is 27.8. The molecule has 1 aromatic carbocycles. The second kappa shape index (κ2) is 13.8. The molecule has 1 aromatic rings. The Morgan fingerprint density at radius 1 is 1.24 bits per heavy atom. The van der Waals surface area contributed by atoms with E-state index in [-0.39, 0.29) is 30.4 Å². The SMILES string of the molecule is CC(C)C(NS(=O)(=O)c1ccc(Br)cc1)C(=O)N1CCC[C@H]1C(=O)NC(CCCNC(=N)N)C(=O)CF. The number of amides is 2. The standard InChI is InChI=1S/C23H34BrFN6O5S/c1-14(2)20(30-37(35,36)16-9-7-15(24)8-10-16)22(34)31-12-4-6-18(31)21(33)29-17(19(32)13-25)5-3-11-28-23(26)27/h7-10,14,17-18,20,30H,3-6,11-13H2,1-2H3,(H,29,33)(H4,26,27,28)/t17?,18-,20?/m0/s1. The molecule has 2 rings (SSSR count). The van der Waals surface area contributed by atoms with E-state index in [9.17, 15) is 27.2 Å². The summed E-state index contributed by atoms with van der Waals surface area (Å²) in [5.41, 5.74) is 5.22. The van der Waals surface area contributed by atoms with Crippen molar-refractivity contribution >= 4 is 49.5 Å². The molecule has 0 bridgehead atoms. The van der Waals surface area contributed by atoms with Crippen LogP contribution in [-0.2, 0) is 24.4 Å². The molecular weight excluding hydrogens is 571 g/mol. The Morgan fingerprint density at radius 2 is 1.89 bits per heavy atom. The lowest BCUT2D eigenvalue weighted by atomic mass is 10.0. The Bertz CT molecular complexity index is 1090. The number of benzene rings is 1. The van der Waals surface area contributed by atoms with Crippen LogP contribution in [0.5, 0.6) is 0 Å². The zero-order valence-electron chi connectivity index (χ0n) is 20.8. The van der Waals surface area contributed by atoms with Crippen molar-refractivity contribution in [1.82, 2.24) is 20.3 Å². The molecule has 6 N–H and O–H groups in total. The molecule has 1 aliphatic heterocycles. The van der Waals surface area contributed by atoms with E-state index in [2.05, 4.69) is 31.3 Å². The van der Waals surface area contributed by atoms with Crippen molar-refractivity contribution in [3.05, 3.63) is 28.7 Å². The third-order valence-electron chi connectivity index (χ3n) is 6.00. The van der Waals surface area contributed by atoms with Gasteiger partial charge in [-0.2, -0.15) is 4.72 Å². The van der Waals surface area contributed by atoms with Gasteiger partial charge in [0.25, 0.3) is 0 Å². The summed E-state index contributed by atoms with van der Waals surface area (Å²) in [6, 6.07) is 2.84. The van der Waals surface area contributed by atoms with Crippen LogP contribution < -0.4 is 21.1 Å². The number of Topliss-reactive ketones (excluding diaryl/α,β-unsaturated/α-hetero) is 1. The fourth-order valence-corrected chi connectivity index (χ4v) is 5.61. The number of halogens is 2. The smallest absolute Gasteiger partial charge is 0.243 e. The van der Waals surface area contributed by atoms with Gasteiger partial charge in [-0.15, -0.1) is 0 Å². The van der Waals surface area contributed by atoms with E-state index < -0.39 is 58.3 Å². The summed E-state index contributed by atoms with van der Waals surface area (Å²) < 4.78 is 42.2. The van der Waals surface area contributed by atoms with Gasteiger partial charge in [-0.1, -0.05) is 29.8 Å². The van der Waals surface area contributed by atoms with Gasteiger partial charge in [-0.3, -0.25) is 19.8 Å². The van der Waals surface area contributed by atoms with Crippen LogP contribution in [0.4, 0.5) is 4.39 Å². The number of carbonyl (C=O) groups excluding carboxylic acids is 3. The summed E-state index contributed by atoms with van der Waals surface area (Å²) in [4.78, 5) is 39.9. The highest BCUT2D eigenvalue weighted by molar-refractivity contribution is 9.10. The molecule has 1 saturated heterocycles. The van der Waals surface area contributed by atoms with Crippen molar-refractivity contribution in [3.63, 3.8) is 0 Å². The Labute approximate surface area is 224 Å². The number of guanidine groups is 1. The van der Waals surface area contributed by atoms with Crippen molar-refractivity contribution in [3.8, 4) is 0 Å². The van der Waals surface area contributed by atoms with Crippen LogP contribution in [0.1, 0.15) is 39.5 Å². The third kappa shape index (κ3) is 8.75. The average molecular weight is 606 g/mol. The molecule has 2 amide bonds. The van der Waals surface area contributed by atoms with E-state index in [1.54, 1.807) is 26.0 Å². The average Bonchev–Trinajstić information content (AvgIpc) is 3.33. The third-order valence-corrected chi connectivity index (χ3v) is 7.98. The minimum Gasteiger partial charge on any atom is -0.370 e. The normalized spacial score (nSPS) is 17.3. The molecule has 0 radical (unpaired) electrons. The molecule has 0 saturated carbocycles. The minimum absolute atomic E-state index is 0.00305. The number of rotatable bonds is 13. The van der Waals surface area contributed by atoms with Gasteiger partial charge >= 0.3 is 0 Å². The molecule has 0 aliphatic carbocycles. The number of sulfonamides is 1. The Balaban J connectivity index is 2.14. The first-order valence-electron chi connectivity index (χ1n) is 11.9. The first-order valence-corrected chi connectivity index (χ1v) is 14.2. The molecule has 14 heteroatoms. The maximum absolute atomic E-state index is 13.5. The lowest BCUT2D eigenvalue weighted by Crippen LogP contribution is -2.56. The number of alkyl halides is 1. The Hall–Kier alpha value is -2.58. The van der Waals surface area contributed by atoms with Gasteiger partial charge in [-0.05, 0) is 55.9 Å². The quantitative estimate of drug-likeness (QED) is 0.127. The van der Waals surface area contributed by atoms with E-state index in [1.165, 1.54) is 17.0 Å².